The molecule has 0 atom stereocenters. The highest BCUT2D eigenvalue weighted by molar-refractivity contribution is 5.73. The third kappa shape index (κ3) is 7.16. The van der Waals surface area contributed by atoms with Crippen LogP contribution in [0.2, 0.25) is 0 Å². The Bertz CT molecular complexity index is 690. The minimum atomic E-state index is -1.80. The summed E-state index contributed by atoms with van der Waals surface area (Å²) in [6, 6.07) is 0.0126. The van der Waals surface area contributed by atoms with Gasteiger partial charge >= 0.3 is 11.9 Å². The molecule has 27 heavy (non-hydrogen) atoms. The van der Waals surface area contributed by atoms with E-state index < -0.39 is 51.8 Å². The van der Waals surface area contributed by atoms with Gasteiger partial charge in [0.15, 0.2) is 11.6 Å². The van der Waals surface area contributed by atoms with Crippen LogP contribution in [0.25, 0.3) is 0 Å². The van der Waals surface area contributed by atoms with Crippen LogP contribution in [0.3, 0.4) is 0 Å². The molecule has 0 saturated heterocycles. The van der Waals surface area contributed by atoms with Crippen molar-refractivity contribution in [3.63, 3.8) is 0 Å². The number of esters is 1. The van der Waals surface area contributed by atoms with Gasteiger partial charge in [-0.15, -0.1) is 0 Å². The number of carboxylic acids is 1. The molecule has 0 amide bonds. The molecule has 0 fully saturated rings. The summed E-state index contributed by atoms with van der Waals surface area (Å²) in [7, 11) is 0. The summed E-state index contributed by atoms with van der Waals surface area (Å²) in [4.78, 5) is 22.7. The number of carbonyl (C=O) groups excluding carboxylic acids is 1. The molecule has 0 aromatic heterocycles. The Balaban J connectivity index is 2.67. The Labute approximate surface area is 154 Å². The lowest BCUT2D eigenvalue weighted by Gasteiger charge is -2.27. The molecule has 0 spiro atoms. The second-order valence-corrected chi connectivity index (χ2v) is 7.84. The number of carbonyl (C=O) groups is 2. The maximum atomic E-state index is 13.5. The predicted octanol–water partition coefficient (Wildman–Crippen LogP) is 4.08. The van der Waals surface area contributed by atoms with Crippen LogP contribution in [0.5, 0.6) is 5.75 Å². The van der Waals surface area contributed by atoms with Gasteiger partial charge in [0.2, 0.25) is 17.4 Å². The van der Waals surface area contributed by atoms with E-state index in [1.54, 1.807) is 27.7 Å². The van der Waals surface area contributed by atoms with Crippen LogP contribution < -0.4 is 4.74 Å². The molecule has 1 rings (SSSR count). The van der Waals surface area contributed by atoms with Crippen molar-refractivity contribution in [2.24, 2.45) is 10.8 Å². The maximum absolute atomic E-state index is 13.5. The van der Waals surface area contributed by atoms with Gasteiger partial charge in [-0.05, 0) is 10.8 Å². The Kier molecular flexibility index (Phi) is 7.36. The number of hydrogen-bond acceptors (Lipinski definition) is 4. The molecule has 1 aromatic rings. The Morgan fingerprint density at radius 1 is 0.926 bits per heavy atom. The highest BCUT2D eigenvalue weighted by Gasteiger charge is 2.29. The fourth-order valence-corrected chi connectivity index (χ4v) is 2.30. The first kappa shape index (κ1) is 22.9. The van der Waals surface area contributed by atoms with Crippen molar-refractivity contribution in [3.8, 4) is 5.75 Å². The van der Waals surface area contributed by atoms with Crippen molar-refractivity contribution in [1.82, 2.24) is 0 Å². The van der Waals surface area contributed by atoms with Gasteiger partial charge in [0, 0.05) is 6.07 Å². The molecule has 9 heteroatoms. The Morgan fingerprint density at radius 2 is 1.37 bits per heavy atom. The van der Waals surface area contributed by atoms with Crippen molar-refractivity contribution >= 4 is 11.9 Å². The van der Waals surface area contributed by atoms with Crippen LogP contribution >= 0.6 is 0 Å². The van der Waals surface area contributed by atoms with E-state index in [0.29, 0.717) is 0 Å². The zero-order valence-corrected chi connectivity index (χ0v) is 15.5. The van der Waals surface area contributed by atoms with Gasteiger partial charge in [0.1, 0.15) is 0 Å². The first-order valence-electron chi connectivity index (χ1n) is 8.07. The number of aliphatic carboxylic acids is 1. The number of ether oxygens (including phenoxy) is 2. The first-order valence-corrected chi connectivity index (χ1v) is 8.07. The Morgan fingerprint density at radius 3 is 1.81 bits per heavy atom. The van der Waals surface area contributed by atoms with Crippen molar-refractivity contribution < 1.29 is 41.7 Å². The molecule has 5 nitrogen and oxygen atoms in total. The molecule has 0 aliphatic rings. The van der Waals surface area contributed by atoms with E-state index in [1.165, 1.54) is 0 Å². The molecule has 0 aliphatic carbocycles. The van der Waals surface area contributed by atoms with E-state index in [-0.39, 0.29) is 32.1 Å². The number of hydrogen-bond donors (Lipinski definition) is 1. The lowest BCUT2D eigenvalue weighted by atomic mass is 9.89. The van der Waals surface area contributed by atoms with Crippen LogP contribution in [-0.4, -0.2) is 30.3 Å². The van der Waals surface area contributed by atoms with Crippen molar-refractivity contribution in [1.29, 1.82) is 0 Å². The van der Waals surface area contributed by atoms with Crippen LogP contribution in [0.15, 0.2) is 6.07 Å². The fraction of sp³-hybridized carbons (Fsp3) is 0.556. The van der Waals surface area contributed by atoms with Crippen LogP contribution in [0, 0.1) is 34.1 Å². The third-order valence-corrected chi connectivity index (χ3v) is 3.53. The van der Waals surface area contributed by atoms with Gasteiger partial charge in [-0.3, -0.25) is 9.59 Å². The molecule has 0 radical (unpaired) electrons. The smallest absolute Gasteiger partial charge is 0.312 e. The molecule has 0 bridgehead atoms. The van der Waals surface area contributed by atoms with Crippen molar-refractivity contribution in [2.75, 3.05) is 13.2 Å². The van der Waals surface area contributed by atoms with E-state index in [4.69, 9.17) is 9.84 Å². The lowest BCUT2D eigenvalue weighted by Crippen LogP contribution is -2.29. The van der Waals surface area contributed by atoms with Gasteiger partial charge < -0.3 is 14.6 Å². The molecule has 1 aromatic carbocycles. The van der Waals surface area contributed by atoms with E-state index in [0.717, 1.165) is 0 Å². The number of halogens is 4. The number of benzene rings is 1. The van der Waals surface area contributed by atoms with Gasteiger partial charge in [-0.1, -0.05) is 27.7 Å². The first-order chi connectivity index (χ1) is 12.2. The molecule has 0 saturated carbocycles. The van der Waals surface area contributed by atoms with E-state index in [1.807, 2.05) is 0 Å². The highest BCUT2D eigenvalue weighted by atomic mass is 19.2. The maximum Gasteiger partial charge on any atom is 0.312 e. The zero-order chi connectivity index (χ0) is 21.0. The minimum Gasteiger partial charge on any atom is -0.481 e. The standard InChI is InChI=1S/C18H22F4O5/c1-17(2,6-12(23)24)8-26-9-18(3,4)7-13(25)27-16-14(21)10(19)5-11(20)15(16)22/h5H,6-9H2,1-4H3,(H,23,24). The SMILES string of the molecule is CC(C)(COCC(C)(C)CC(=O)Oc1c(F)c(F)cc(F)c1F)CC(=O)O. The molecule has 1 N–H and O–H groups in total. The van der Waals surface area contributed by atoms with Crippen LogP contribution in [0.4, 0.5) is 17.6 Å². The summed E-state index contributed by atoms with van der Waals surface area (Å²) in [5, 5.41) is 8.82. The van der Waals surface area contributed by atoms with Gasteiger partial charge in [0.25, 0.3) is 0 Å². The van der Waals surface area contributed by atoms with Crippen molar-refractivity contribution in [2.45, 2.75) is 40.5 Å². The van der Waals surface area contributed by atoms with Crippen LogP contribution in [0.1, 0.15) is 40.5 Å². The lowest BCUT2D eigenvalue weighted by molar-refractivity contribution is -0.140. The summed E-state index contributed by atoms with van der Waals surface area (Å²) in [6.45, 7) is 6.75. The highest BCUT2D eigenvalue weighted by Crippen LogP contribution is 2.29. The summed E-state index contributed by atoms with van der Waals surface area (Å²) in [6.07, 6.45) is -0.470. The molecular formula is C18H22F4O5. The minimum absolute atomic E-state index is 0.0126. The summed E-state index contributed by atoms with van der Waals surface area (Å²) in [5.41, 5.74) is -1.47. The summed E-state index contributed by atoms with van der Waals surface area (Å²) >= 11 is 0. The fourth-order valence-electron chi connectivity index (χ4n) is 2.30. The summed E-state index contributed by atoms with van der Waals surface area (Å²) in [5.74, 6) is -10.5. The number of carboxylic acid groups (broad SMARTS) is 1. The monoisotopic (exact) mass is 394 g/mol. The topological polar surface area (TPSA) is 72.8 Å². The van der Waals surface area contributed by atoms with Crippen LogP contribution in [-0.2, 0) is 14.3 Å². The van der Waals surface area contributed by atoms with E-state index in [9.17, 15) is 27.2 Å². The average Bonchev–Trinajstić information content (AvgIpc) is 2.47. The molecule has 0 aliphatic heterocycles. The quantitative estimate of drug-likeness (QED) is 0.296. The third-order valence-electron chi connectivity index (χ3n) is 3.53. The normalized spacial score (nSPS) is 12.1. The molecule has 0 unspecified atom stereocenters. The predicted molar refractivity (Wildman–Crippen MR) is 87.2 cm³/mol. The summed E-state index contributed by atoms with van der Waals surface area (Å²) < 4.78 is 63.3. The average molecular weight is 394 g/mol. The van der Waals surface area contributed by atoms with Crippen molar-refractivity contribution in [3.05, 3.63) is 29.3 Å². The Hall–Kier alpha value is -2.16. The van der Waals surface area contributed by atoms with Gasteiger partial charge in [-0.2, -0.15) is 8.78 Å². The number of rotatable bonds is 9. The van der Waals surface area contributed by atoms with Gasteiger partial charge in [-0.25, -0.2) is 8.78 Å². The second kappa shape index (κ2) is 8.69. The zero-order valence-electron chi connectivity index (χ0n) is 15.5. The molecular weight excluding hydrogens is 372 g/mol. The molecule has 152 valence electrons. The van der Waals surface area contributed by atoms with E-state index >= 15 is 0 Å². The van der Waals surface area contributed by atoms with E-state index in [2.05, 4.69) is 4.74 Å². The van der Waals surface area contributed by atoms with Gasteiger partial charge in [0.05, 0.1) is 26.1 Å². The molecule has 0 heterocycles. The largest absolute Gasteiger partial charge is 0.481 e. The second-order valence-electron chi connectivity index (χ2n) is 7.84.